The minimum absolute atomic E-state index is 0.0551. The van der Waals surface area contributed by atoms with Gasteiger partial charge in [-0.1, -0.05) is 0 Å². The predicted molar refractivity (Wildman–Crippen MR) is 110 cm³/mol. The molecule has 1 aromatic heterocycles. The number of hydrogen-bond acceptors (Lipinski definition) is 8. The highest BCUT2D eigenvalue weighted by atomic mass is 32.1. The highest BCUT2D eigenvalue weighted by Gasteiger charge is 2.21. The third kappa shape index (κ3) is 5.02. The fourth-order valence-electron chi connectivity index (χ4n) is 2.57. The van der Waals surface area contributed by atoms with Crippen LogP contribution < -0.4 is 10.6 Å². The van der Waals surface area contributed by atoms with E-state index in [9.17, 15) is 34.2 Å². The minimum Gasteiger partial charge on any atom is -0.326 e. The van der Waals surface area contributed by atoms with E-state index in [1.165, 1.54) is 24.4 Å². The van der Waals surface area contributed by atoms with Crippen molar-refractivity contribution in [3.05, 3.63) is 73.4 Å². The van der Waals surface area contributed by atoms with Gasteiger partial charge in [0.15, 0.2) is 5.13 Å². The van der Waals surface area contributed by atoms with E-state index in [-0.39, 0.29) is 33.5 Å². The molecule has 3 rings (SSSR count). The number of nitrogens with zero attached hydrogens (tertiary/aromatic N) is 3. The van der Waals surface area contributed by atoms with E-state index in [1.807, 2.05) is 0 Å². The first kappa shape index (κ1) is 21.4. The SMILES string of the molecule is CC(=O)Nc1ccc(-c2csc(NC(=O)c3cc([N+](=O)[O-])cc([N+](=O)[O-])c3)n2)c(F)c1. The number of non-ortho nitro benzene ring substituents is 2. The normalized spacial score (nSPS) is 10.4. The summed E-state index contributed by atoms with van der Waals surface area (Å²) in [6, 6.07) is 6.56. The van der Waals surface area contributed by atoms with E-state index in [2.05, 4.69) is 15.6 Å². The minimum atomic E-state index is -0.853. The first-order valence-electron chi connectivity index (χ1n) is 8.42. The van der Waals surface area contributed by atoms with Crippen LogP contribution in [-0.2, 0) is 4.79 Å². The molecule has 0 atom stereocenters. The van der Waals surface area contributed by atoms with Crippen LogP contribution in [0.2, 0.25) is 0 Å². The van der Waals surface area contributed by atoms with Gasteiger partial charge >= 0.3 is 0 Å². The number of rotatable bonds is 6. The lowest BCUT2D eigenvalue weighted by molar-refractivity contribution is -0.394. The van der Waals surface area contributed by atoms with Gasteiger partial charge in [-0.05, 0) is 18.2 Å². The summed E-state index contributed by atoms with van der Waals surface area (Å²) in [5.41, 5.74) is -0.927. The summed E-state index contributed by atoms with van der Waals surface area (Å²) in [7, 11) is 0. The summed E-state index contributed by atoms with van der Waals surface area (Å²) in [6.45, 7) is 1.29. The molecule has 3 aromatic rings. The maximum atomic E-state index is 14.4. The zero-order valence-corrected chi connectivity index (χ0v) is 16.4. The van der Waals surface area contributed by atoms with Gasteiger partial charge in [-0.3, -0.25) is 35.1 Å². The fourth-order valence-corrected chi connectivity index (χ4v) is 3.27. The van der Waals surface area contributed by atoms with Gasteiger partial charge in [0.05, 0.1) is 27.2 Å². The van der Waals surface area contributed by atoms with Crippen molar-refractivity contribution < 1.29 is 23.8 Å². The van der Waals surface area contributed by atoms with Crippen molar-refractivity contribution in [3.63, 3.8) is 0 Å². The van der Waals surface area contributed by atoms with Crippen molar-refractivity contribution in [2.45, 2.75) is 6.92 Å². The predicted octanol–water partition coefficient (Wildman–Crippen LogP) is 3.98. The molecule has 0 unspecified atom stereocenters. The van der Waals surface area contributed by atoms with Crippen molar-refractivity contribution in [1.82, 2.24) is 4.98 Å². The van der Waals surface area contributed by atoms with E-state index in [4.69, 9.17) is 0 Å². The molecule has 2 amide bonds. The second-order valence-corrected chi connectivity index (χ2v) is 6.98. The Morgan fingerprint density at radius 1 is 1.03 bits per heavy atom. The van der Waals surface area contributed by atoms with E-state index in [0.29, 0.717) is 0 Å². The summed E-state index contributed by atoms with van der Waals surface area (Å²) in [5.74, 6) is -1.86. The number of carbonyl (C=O) groups excluding carboxylic acids is 2. The summed E-state index contributed by atoms with van der Waals surface area (Å²) in [5, 5.41) is 28.3. The van der Waals surface area contributed by atoms with Gasteiger partial charge in [0.2, 0.25) is 5.91 Å². The maximum Gasteiger partial charge on any atom is 0.277 e. The number of hydrogen-bond donors (Lipinski definition) is 2. The Labute approximate surface area is 176 Å². The number of nitrogens with one attached hydrogen (secondary N) is 2. The molecule has 0 aliphatic heterocycles. The summed E-state index contributed by atoms with van der Waals surface area (Å²) < 4.78 is 14.4. The van der Waals surface area contributed by atoms with Crippen LogP contribution in [0.15, 0.2) is 41.8 Å². The first-order chi connectivity index (χ1) is 14.6. The van der Waals surface area contributed by atoms with Crippen LogP contribution in [-0.4, -0.2) is 26.6 Å². The number of carbonyl (C=O) groups is 2. The maximum absolute atomic E-state index is 14.4. The largest absolute Gasteiger partial charge is 0.326 e. The molecule has 0 saturated heterocycles. The van der Waals surface area contributed by atoms with Crippen LogP contribution in [0.1, 0.15) is 17.3 Å². The van der Waals surface area contributed by atoms with Crippen LogP contribution >= 0.6 is 11.3 Å². The van der Waals surface area contributed by atoms with Gasteiger partial charge in [0.25, 0.3) is 17.3 Å². The fraction of sp³-hybridized carbons (Fsp3) is 0.0556. The number of anilines is 2. The summed E-state index contributed by atoms with van der Waals surface area (Å²) in [4.78, 5) is 47.8. The first-order valence-corrected chi connectivity index (χ1v) is 9.30. The second-order valence-electron chi connectivity index (χ2n) is 6.12. The Morgan fingerprint density at radius 2 is 1.68 bits per heavy atom. The highest BCUT2D eigenvalue weighted by molar-refractivity contribution is 7.14. The average Bonchev–Trinajstić information content (AvgIpc) is 3.15. The molecule has 0 aliphatic carbocycles. The van der Waals surface area contributed by atoms with E-state index >= 15 is 0 Å². The highest BCUT2D eigenvalue weighted by Crippen LogP contribution is 2.29. The molecular formula is C18H12FN5O6S. The molecule has 31 heavy (non-hydrogen) atoms. The van der Waals surface area contributed by atoms with Crippen molar-refractivity contribution >= 4 is 45.3 Å². The number of thiazole rings is 1. The van der Waals surface area contributed by atoms with Gasteiger partial charge in [0, 0.05) is 35.7 Å². The lowest BCUT2D eigenvalue weighted by Crippen LogP contribution is -2.12. The van der Waals surface area contributed by atoms with Crippen LogP contribution in [0.5, 0.6) is 0 Å². The molecule has 0 spiro atoms. The van der Waals surface area contributed by atoms with Crippen LogP contribution in [0, 0.1) is 26.0 Å². The standard InChI is InChI=1S/C18H12FN5O6S/c1-9(25)20-11-2-3-14(15(19)6-11)16-8-31-18(21-16)22-17(26)10-4-12(23(27)28)7-13(5-10)24(29)30/h2-8H,1H3,(H,20,25)(H,21,22,26). The van der Waals surface area contributed by atoms with Gasteiger partial charge < -0.3 is 5.32 Å². The zero-order valence-electron chi connectivity index (χ0n) is 15.6. The van der Waals surface area contributed by atoms with Crippen molar-refractivity contribution in [2.75, 3.05) is 10.6 Å². The lowest BCUT2D eigenvalue weighted by atomic mass is 10.1. The third-order valence-electron chi connectivity index (χ3n) is 3.88. The Kier molecular flexibility index (Phi) is 5.97. The van der Waals surface area contributed by atoms with E-state index in [1.54, 1.807) is 0 Å². The number of halogens is 1. The van der Waals surface area contributed by atoms with E-state index in [0.717, 1.165) is 35.6 Å². The number of benzene rings is 2. The molecule has 0 saturated carbocycles. The van der Waals surface area contributed by atoms with Crippen molar-refractivity contribution in [2.24, 2.45) is 0 Å². The van der Waals surface area contributed by atoms with Gasteiger partial charge in [-0.25, -0.2) is 9.37 Å². The number of amides is 2. The molecule has 0 radical (unpaired) electrons. The number of nitro benzene ring substituents is 2. The third-order valence-corrected chi connectivity index (χ3v) is 4.63. The Morgan fingerprint density at radius 3 is 2.23 bits per heavy atom. The average molecular weight is 445 g/mol. The molecule has 0 aliphatic rings. The molecular weight excluding hydrogens is 433 g/mol. The molecule has 1 heterocycles. The van der Waals surface area contributed by atoms with Gasteiger partial charge in [-0.15, -0.1) is 11.3 Å². The quantitative estimate of drug-likeness (QED) is 0.429. The van der Waals surface area contributed by atoms with Crippen LogP contribution in [0.25, 0.3) is 11.3 Å². The Bertz CT molecular complexity index is 1200. The molecule has 2 N–H and O–H groups in total. The molecule has 13 heteroatoms. The smallest absolute Gasteiger partial charge is 0.277 e. The zero-order chi connectivity index (χ0) is 22.7. The van der Waals surface area contributed by atoms with Crippen LogP contribution in [0.3, 0.4) is 0 Å². The van der Waals surface area contributed by atoms with E-state index < -0.39 is 32.9 Å². The second kappa shape index (κ2) is 8.62. The van der Waals surface area contributed by atoms with Gasteiger partial charge in [0.1, 0.15) is 5.82 Å². The Balaban J connectivity index is 1.83. The van der Waals surface area contributed by atoms with Crippen LogP contribution in [0.4, 0.5) is 26.6 Å². The monoisotopic (exact) mass is 445 g/mol. The molecule has 158 valence electrons. The number of aromatic nitrogens is 1. The number of nitro groups is 2. The Hall–Kier alpha value is -4.26. The molecule has 2 aromatic carbocycles. The summed E-state index contributed by atoms with van der Waals surface area (Å²) in [6.07, 6.45) is 0. The topological polar surface area (TPSA) is 157 Å². The van der Waals surface area contributed by atoms with Crippen molar-refractivity contribution in [3.8, 4) is 11.3 Å². The van der Waals surface area contributed by atoms with Crippen molar-refractivity contribution in [1.29, 1.82) is 0 Å². The molecule has 0 bridgehead atoms. The van der Waals surface area contributed by atoms with Gasteiger partial charge in [-0.2, -0.15) is 0 Å². The molecule has 0 fully saturated rings. The molecule has 11 nitrogen and oxygen atoms in total. The summed E-state index contributed by atoms with van der Waals surface area (Å²) >= 11 is 0.965. The lowest BCUT2D eigenvalue weighted by Gasteiger charge is -2.05.